The van der Waals surface area contributed by atoms with E-state index in [-0.39, 0.29) is 0 Å². The molecule has 0 aliphatic rings. The standard InChI is InChI=1S/C17H36/c1-6-8-10-15(3)12-13-17(5)14-16(4)11-9-7-2/h15-17H,6-14H2,1-5H3. The van der Waals surface area contributed by atoms with E-state index in [1.165, 1.54) is 57.8 Å². The van der Waals surface area contributed by atoms with E-state index in [9.17, 15) is 0 Å². The van der Waals surface area contributed by atoms with Gasteiger partial charge in [-0.3, -0.25) is 0 Å². The Bertz CT molecular complexity index is 150. The van der Waals surface area contributed by atoms with Crippen LogP contribution in [0.4, 0.5) is 0 Å². The summed E-state index contributed by atoms with van der Waals surface area (Å²) in [4.78, 5) is 0. The average molecular weight is 240 g/mol. The van der Waals surface area contributed by atoms with Crippen LogP contribution in [0, 0.1) is 17.8 Å². The Morgan fingerprint density at radius 2 is 1.00 bits per heavy atom. The molecule has 0 fully saturated rings. The van der Waals surface area contributed by atoms with Gasteiger partial charge in [0.15, 0.2) is 0 Å². The summed E-state index contributed by atoms with van der Waals surface area (Å²) in [6, 6.07) is 0. The third kappa shape index (κ3) is 10.9. The minimum Gasteiger partial charge on any atom is -0.0654 e. The van der Waals surface area contributed by atoms with Gasteiger partial charge in [0.25, 0.3) is 0 Å². The van der Waals surface area contributed by atoms with Crippen LogP contribution in [-0.4, -0.2) is 0 Å². The third-order valence-corrected chi connectivity index (χ3v) is 4.06. The lowest BCUT2D eigenvalue weighted by atomic mass is 9.87. The predicted octanol–water partition coefficient (Wildman–Crippen LogP) is 6.45. The molecule has 0 spiro atoms. The molecule has 0 bridgehead atoms. The number of rotatable bonds is 11. The van der Waals surface area contributed by atoms with Gasteiger partial charge in [-0.15, -0.1) is 0 Å². The molecule has 0 heteroatoms. The topological polar surface area (TPSA) is 0 Å². The fraction of sp³-hybridized carbons (Fsp3) is 1.00. The molecule has 3 unspecified atom stereocenters. The van der Waals surface area contributed by atoms with E-state index in [1.807, 2.05) is 0 Å². The zero-order valence-electron chi connectivity index (χ0n) is 13.1. The number of hydrogen-bond donors (Lipinski definition) is 0. The highest BCUT2D eigenvalue weighted by molar-refractivity contribution is 4.62. The highest BCUT2D eigenvalue weighted by Crippen LogP contribution is 2.24. The maximum absolute atomic E-state index is 2.45. The van der Waals surface area contributed by atoms with Crippen molar-refractivity contribution in [2.75, 3.05) is 0 Å². The lowest BCUT2D eigenvalue weighted by Crippen LogP contribution is -2.05. The van der Waals surface area contributed by atoms with Gasteiger partial charge in [0, 0.05) is 0 Å². The molecule has 0 radical (unpaired) electrons. The molecule has 0 saturated heterocycles. The fourth-order valence-electron chi connectivity index (χ4n) is 2.74. The first-order valence-electron chi connectivity index (χ1n) is 8.10. The second kappa shape index (κ2) is 11.1. The summed E-state index contributed by atoms with van der Waals surface area (Å²) >= 11 is 0. The molecule has 0 N–H and O–H groups in total. The van der Waals surface area contributed by atoms with Gasteiger partial charge in [0.2, 0.25) is 0 Å². The summed E-state index contributed by atoms with van der Waals surface area (Å²) in [7, 11) is 0. The van der Waals surface area contributed by atoms with Crippen molar-refractivity contribution in [1.82, 2.24) is 0 Å². The molecule has 0 heterocycles. The third-order valence-electron chi connectivity index (χ3n) is 4.06. The average Bonchev–Trinajstić information content (AvgIpc) is 2.31. The Morgan fingerprint density at radius 1 is 0.588 bits per heavy atom. The summed E-state index contributed by atoms with van der Waals surface area (Å²) in [6.45, 7) is 11.9. The summed E-state index contributed by atoms with van der Waals surface area (Å²) in [5.74, 6) is 2.82. The van der Waals surface area contributed by atoms with Gasteiger partial charge in [-0.25, -0.2) is 0 Å². The van der Waals surface area contributed by atoms with Crippen LogP contribution in [0.3, 0.4) is 0 Å². The summed E-state index contributed by atoms with van der Waals surface area (Å²) in [5, 5.41) is 0. The van der Waals surface area contributed by atoms with E-state index in [1.54, 1.807) is 0 Å². The smallest absolute Gasteiger partial charge is 0.0440 e. The molecule has 17 heavy (non-hydrogen) atoms. The van der Waals surface area contributed by atoms with Gasteiger partial charge < -0.3 is 0 Å². The second-order valence-electron chi connectivity index (χ2n) is 6.41. The molecule has 0 saturated carbocycles. The monoisotopic (exact) mass is 240 g/mol. The van der Waals surface area contributed by atoms with Crippen LogP contribution >= 0.6 is 0 Å². The van der Waals surface area contributed by atoms with E-state index in [2.05, 4.69) is 34.6 Å². The molecule has 0 rings (SSSR count). The first-order chi connectivity index (χ1) is 8.10. The van der Waals surface area contributed by atoms with Gasteiger partial charge in [0.05, 0.1) is 0 Å². The molecule has 0 aromatic carbocycles. The molecule has 0 aromatic heterocycles. The van der Waals surface area contributed by atoms with Crippen LogP contribution in [0.15, 0.2) is 0 Å². The zero-order chi connectivity index (χ0) is 13.1. The van der Waals surface area contributed by atoms with Crippen molar-refractivity contribution < 1.29 is 0 Å². The molecular formula is C17H36. The fourth-order valence-corrected chi connectivity index (χ4v) is 2.74. The highest BCUT2D eigenvalue weighted by Gasteiger charge is 2.10. The molecule has 0 aliphatic heterocycles. The summed E-state index contributed by atoms with van der Waals surface area (Å²) < 4.78 is 0. The molecule has 0 aromatic rings. The van der Waals surface area contributed by atoms with Gasteiger partial charge in [-0.2, -0.15) is 0 Å². The second-order valence-corrected chi connectivity index (χ2v) is 6.41. The van der Waals surface area contributed by atoms with E-state index in [0.717, 1.165) is 17.8 Å². The molecule has 0 nitrogen and oxygen atoms in total. The lowest BCUT2D eigenvalue weighted by Gasteiger charge is -2.19. The van der Waals surface area contributed by atoms with Crippen LogP contribution in [0.5, 0.6) is 0 Å². The van der Waals surface area contributed by atoms with Crippen molar-refractivity contribution in [3.05, 3.63) is 0 Å². The molecule has 104 valence electrons. The van der Waals surface area contributed by atoms with Crippen molar-refractivity contribution in [3.8, 4) is 0 Å². The maximum atomic E-state index is 2.45. The van der Waals surface area contributed by atoms with E-state index < -0.39 is 0 Å². The van der Waals surface area contributed by atoms with Crippen molar-refractivity contribution in [2.45, 2.75) is 92.4 Å². The van der Waals surface area contributed by atoms with Gasteiger partial charge >= 0.3 is 0 Å². The first-order valence-corrected chi connectivity index (χ1v) is 8.10. The minimum atomic E-state index is 0.936. The van der Waals surface area contributed by atoms with E-state index in [4.69, 9.17) is 0 Å². The SMILES string of the molecule is CCCCC(C)CCC(C)CC(C)CCCC. The van der Waals surface area contributed by atoms with Gasteiger partial charge in [0.1, 0.15) is 0 Å². The largest absolute Gasteiger partial charge is 0.0654 e. The lowest BCUT2D eigenvalue weighted by molar-refractivity contribution is 0.336. The van der Waals surface area contributed by atoms with Crippen LogP contribution in [0.1, 0.15) is 92.4 Å². The maximum Gasteiger partial charge on any atom is -0.0440 e. The normalized spacial score (nSPS) is 16.8. The molecular weight excluding hydrogens is 204 g/mol. The zero-order valence-corrected chi connectivity index (χ0v) is 13.1. The summed E-state index contributed by atoms with van der Waals surface area (Å²) in [5.41, 5.74) is 0. The first kappa shape index (κ1) is 17.0. The van der Waals surface area contributed by atoms with Crippen molar-refractivity contribution in [1.29, 1.82) is 0 Å². The Morgan fingerprint density at radius 3 is 1.53 bits per heavy atom. The van der Waals surface area contributed by atoms with E-state index in [0.29, 0.717) is 0 Å². The Kier molecular flexibility index (Phi) is 11.1. The molecule has 0 aliphatic carbocycles. The molecule has 0 amide bonds. The Hall–Kier alpha value is 0. The molecule has 3 atom stereocenters. The summed E-state index contributed by atoms with van der Waals surface area (Å²) in [6.07, 6.45) is 12.8. The van der Waals surface area contributed by atoms with Crippen LogP contribution < -0.4 is 0 Å². The van der Waals surface area contributed by atoms with Gasteiger partial charge in [-0.1, -0.05) is 86.0 Å². The van der Waals surface area contributed by atoms with Crippen molar-refractivity contribution >= 4 is 0 Å². The van der Waals surface area contributed by atoms with Gasteiger partial charge in [-0.05, 0) is 24.2 Å². The number of unbranched alkanes of at least 4 members (excludes halogenated alkanes) is 2. The Balaban J connectivity index is 3.53. The van der Waals surface area contributed by atoms with Crippen molar-refractivity contribution in [3.63, 3.8) is 0 Å². The number of hydrogen-bond acceptors (Lipinski definition) is 0. The minimum absolute atomic E-state index is 0.936. The van der Waals surface area contributed by atoms with Crippen LogP contribution in [-0.2, 0) is 0 Å². The quantitative estimate of drug-likeness (QED) is 0.389. The highest BCUT2D eigenvalue weighted by atomic mass is 14.2. The van der Waals surface area contributed by atoms with Crippen LogP contribution in [0.25, 0.3) is 0 Å². The predicted molar refractivity (Wildman–Crippen MR) is 80.4 cm³/mol. The van der Waals surface area contributed by atoms with E-state index >= 15 is 0 Å². The van der Waals surface area contributed by atoms with Crippen molar-refractivity contribution in [2.24, 2.45) is 17.8 Å². The van der Waals surface area contributed by atoms with Crippen LogP contribution in [0.2, 0.25) is 0 Å². The Labute approximate surface area is 111 Å².